The first-order chi connectivity index (χ1) is 8.72. The molecule has 1 aromatic carbocycles. The third-order valence-corrected chi connectivity index (χ3v) is 2.63. The molecule has 0 bridgehead atoms. The van der Waals surface area contributed by atoms with E-state index in [1.165, 1.54) is 11.3 Å². The summed E-state index contributed by atoms with van der Waals surface area (Å²) in [6.07, 6.45) is 2.98. The van der Waals surface area contributed by atoms with E-state index in [0.717, 1.165) is 5.56 Å². The maximum atomic E-state index is 11.9. The van der Waals surface area contributed by atoms with Gasteiger partial charge in [0.05, 0.1) is 12.8 Å². The van der Waals surface area contributed by atoms with Crippen LogP contribution in [0, 0.1) is 0 Å². The average molecular weight is 246 g/mol. The second-order valence-corrected chi connectivity index (χ2v) is 3.89. The van der Waals surface area contributed by atoms with Gasteiger partial charge in [-0.1, -0.05) is 12.1 Å². The van der Waals surface area contributed by atoms with Crippen molar-refractivity contribution in [2.45, 2.75) is 0 Å². The van der Waals surface area contributed by atoms with Gasteiger partial charge in [0.25, 0.3) is 5.91 Å². The van der Waals surface area contributed by atoms with E-state index >= 15 is 0 Å². The molecule has 0 aliphatic carbocycles. The SMILES string of the molecule is CN(CCO)C(=O)c1ccc(-c2cnco2)cc1. The number of amides is 1. The fraction of sp³-hybridized carbons (Fsp3) is 0.231. The van der Waals surface area contributed by atoms with Crippen LogP contribution in [0.25, 0.3) is 11.3 Å². The summed E-state index contributed by atoms with van der Waals surface area (Å²) in [5, 5.41) is 8.79. The van der Waals surface area contributed by atoms with Crippen molar-refractivity contribution in [1.29, 1.82) is 0 Å². The summed E-state index contributed by atoms with van der Waals surface area (Å²) < 4.78 is 5.17. The van der Waals surface area contributed by atoms with Crippen molar-refractivity contribution in [1.82, 2.24) is 9.88 Å². The smallest absolute Gasteiger partial charge is 0.253 e. The van der Waals surface area contributed by atoms with Crippen LogP contribution in [-0.2, 0) is 0 Å². The largest absolute Gasteiger partial charge is 0.444 e. The molecule has 94 valence electrons. The van der Waals surface area contributed by atoms with Crippen molar-refractivity contribution >= 4 is 5.91 Å². The molecule has 2 aromatic rings. The van der Waals surface area contributed by atoms with E-state index in [9.17, 15) is 4.79 Å². The summed E-state index contributed by atoms with van der Waals surface area (Å²) in [5.74, 6) is 0.547. The molecule has 1 aromatic heterocycles. The number of aromatic nitrogens is 1. The van der Waals surface area contributed by atoms with Crippen LogP contribution in [0.5, 0.6) is 0 Å². The Morgan fingerprint density at radius 3 is 2.67 bits per heavy atom. The van der Waals surface area contributed by atoms with Crippen LogP contribution in [-0.4, -0.2) is 41.1 Å². The molecule has 0 fully saturated rings. The van der Waals surface area contributed by atoms with Crippen LogP contribution < -0.4 is 0 Å². The summed E-state index contributed by atoms with van der Waals surface area (Å²) in [5.41, 5.74) is 1.45. The third kappa shape index (κ3) is 2.57. The molecule has 0 atom stereocenters. The van der Waals surface area contributed by atoms with Gasteiger partial charge >= 0.3 is 0 Å². The van der Waals surface area contributed by atoms with Crippen molar-refractivity contribution in [2.24, 2.45) is 0 Å². The number of carbonyl (C=O) groups is 1. The van der Waals surface area contributed by atoms with E-state index in [1.54, 1.807) is 37.5 Å². The first-order valence-corrected chi connectivity index (χ1v) is 5.57. The highest BCUT2D eigenvalue weighted by Gasteiger charge is 2.11. The first kappa shape index (κ1) is 12.3. The van der Waals surface area contributed by atoms with Gasteiger partial charge in [0.1, 0.15) is 0 Å². The Bertz CT molecular complexity index is 506. The molecule has 0 saturated heterocycles. The molecule has 2 rings (SSSR count). The van der Waals surface area contributed by atoms with Gasteiger partial charge < -0.3 is 14.4 Å². The Morgan fingerprint density at radius 1 is 1.39 bits per heavy atom. The summed E-state index contributed by atoms with van der Waals surface area (Å²) in [7, 11) is 1.66. The number of benzene rings is 1. The first-order valence-electron chi connectivity index (χ1n) is 5.57. The summed E-state index contributed by atoms with van der Waals surface area (Å²) in [6, 6.07) is 7.07. The Hall–Kier alpha value is -2.14. The highest BCUT2D eigenvalue weighted by molar-refractivity contribution is 5.94. The third-order valence-electron chi connectivity index (χ3n) is 2.63. The van der Waals surface area contributed by atoms with Crippen LogP contribution in [0.2, 0.25) is 0 Å². The lowest BCUT2D eigenvalue weighted by Gasteiger charge is -2.15. The highest BCUT2D eigenvalue weighted by Crippen LogP contribution is 2.19. The Morgan fingerprint density at radius 2 is 2.11 bits per heavy atom. The van der Waals surface area contributed by atoms with E-state index in [4.69, 9.17) is 9.52 Å². The van der Waals surface area contributed by atoms with E-state index in [1.807, 2.05) is 0 Å². The quantitative estimate of drug-likeness (QED) is 0.885. The minimum absolute atomic E-state index is 0.0433. The average Bonchev–Trinajstić information content (AvgIpc) is 2.92. The van der Waals surface area contributed by atoms with Crippen molar-refractivity contribution in [3.63, 3.8) is 0 Å². The molecule has 1 amide bonds. The maximum Gasteiger partial charge on any atom is 0.253 e. The van der Waals surface area contributed by atoms with Crippen LogP contribution in [0.15, 0.2) is 41.3 Å². The number of hydrogen-bond acceptors (Lipinski definition) is 4. The Labute approximate surface area is 105 Å². The summed E-state index contributed by atoms with van der Waals surface area (Å²) in [4.78, 5) is 17.2. The molecule has 0 radical (unpaired) electrons. The van der Waals surface area contributed by atoms with Gasteiger partial charge in [0, 0.05) is 24.7 Å². The van der Waals surface area contributed by atoms with Gasteiger partial charge in [-0.2, -0.15) is 0 Å². The van der Waals surface area contributed by atoms with Crippen molar-refractivity contribution in [2.75, 3.05) is 20.2 Å². The number of nitrogens with zero attached hydrogens (tertiary/aromatic N) is 2. The fourth-order valence-corrected chi connectivity index (χ4v) is 1.61. The fourth-order valence-electron chi connectivity index (χ4n) is 1.61. The number of carbonyl (C=O) groups excluding carboxylic acids is 1. The molecule has 18 heavy (non-hydrogen) atoms. The molecule has 0 spiro atoms. The van der Waals surface area contributed by atoms with Gasteiger partial charge in [-0.3, -0.25) is 4.79 Å². The van der Waals surface area contributed by atoms with Gasteiger partial charge in [-0.15, -0.1) is 0 Å². The second kappa shape index (κ2) is 5.46. The molecular weight excluding hydrogens is 232 g/mol. The van der Waals surface area contributed by atoms with Crippen LogP contribution in [0.4, 0.5) is 0 Å². The molecule has 5 nitrogen and oxygen atoms in total. The lowest BCUT2D eigenvalue weighted by Crippen LogP contribution is -2.29. The normalized spacial score (nSPS) is 10.3. The van der Waals surface area contributed by atoms with Gasteiger partial charge in [0.2, 0.25) is 0 Å². The Kier molecular flexibility index (Phi) is 3.74. The molecular formula is C13H14N2O3. The number of rotatable bonds is 4. The molecule has 0 unspecified atom stereocenters. The number of likely N-dealkylation sites (N-methyl/N-ethyl adjacent to an activating group) is 1. The molecule has 0 aliphatic rings. The zero-order valence-corrected chi connectivity index (χ0v) is 10.0. The minimum atomic E-state index is -0.117. The zero-order valence-electron chi connectivity index (χ0n) is 10.0. The van der Waals surface area contributed by atoms with Crippen LogP contribution in [0.1, 0.15) is 10.4 Å². The van der Waals surface area contributed by atoms with Crippen LogP contribution in [0.3, 0.4) is 0 Å². The topological polar surface area (TPSA) is 66.6 Å². The lowest BCUT2D eigenvalue weighted by atomic mass is 10.1. The highest BCUT2D eigenvalue weighted by atomic mass is 16.3. The number of aliphatic hydroxyl groups is 1. The van der Waals surface area contributed by atoms with E-state index in [2.05, 4.69) is 4.98 Å². The molecule has 0 saturated carbocycles. The molecule has 1 heterocycles. The standard InChI is InChI=1S/C13H14N2O3/c1-15(6-7-16)13(17)11-4-2-10(3-5-11)12-8-14-9-18-12/h2-5,8-9,16H,6-7H2,1H3. The lowest BCUT2D eigenvalue weighted by molar-refractivity contribution is 0.0767. The van der Waals surface area contributed by atoms with Crippen molar-refractivity contribution < 1.29 is 14.3 Å². The molecule has 1 N–H and O–H groups in total. The molecule has 0 aliphatic heterocycles. The van der Waals surface area contributed by atoms with E-state index in [0.29, 0.717) is 17.9 Å². The minimum Gasteiger partial charge on any atom is -0.444 e. The van der Waals surface area contributed by atoms with E-state index in [-0.39, 0.29) is 12.5 Å². The van der Waals surface area contributed by atoms with Gasteiger partial charge in [0.15, 0.2) is 12.2 Å². The second-order valence-electron chi connectivity index (χ2n) is 3.89. The van der Waals surface area contributed by atoms with E-state index < -0.39 is 0 Å². The predicted molar refractivity (Wildman–Crippen MR) is 66.0 cm³/mol. The summed E-state index contributed by atoms with van der Waals surface area (Å²) >= 11 is 0. The van der Waals surface area contributed by atoms with Crippen molar-refractivity contribution in [3.8, 4) is 11.3 Å². The number of oxazole rings is 1. The zero-order chi connectivity index (χ0) is 13.0. The molecule has 5 heteroatoms. The predicted octanol–water partition coefficient (Wildman–Crippen LogP) is 1.41. The van der Waals surface area contributed by atoms with Gasteiger partial charge in [-0.05, 0) is 12.1 Å². The maximum absolute atomic E-state index is 11.9. The Balaban J connectivity index is 2.15. The monoisotopic (exact) mass is 246 g/mol. The number of hydrogen-bond donors (Lipinski definition) is 1. The number of aliphatic hydroxyl groups excluding tert-OH is 1. The van der Waals surface area contributed by atoms with Crippen molar-refractivity contribution in [3.05, 3.63) is 42.4 Å². The summed E-state index contributed by atoms with van der Waals surface area (Å²) in [6.45, 7) is 0.279. The van der Waals surface area contributed by atoms with Crippen LogP contribution >= 0.6 is 0 Å². The van der Waals surface area contributed by atoms with Gasteiger partial charge in [-0.25, -0.2) is 4.98 Å².